The number of carboxylic acids is 2. The quantitative estimate of drug-likeness (QED) is 0.519. The summed E-state index contributed by atoms with van der Waals surface area (Å²) < 4.78 is 3.73. The Bertz CT molecular complexity index is 559. The Kier molecular flexibility index (Phi) is 6.34. The molecule has 0 saturated heterocycles. The summed E-state index contributed by atoms with van der Waals surface area (Å²) in [5, 5.41) is 23.7. The van der Waals surface area contributed by atoms with E-state index in [-0.39, 0.29) is 11.3 Å². The highest BCUT2D eigenvalue weighted by Gasteiger charge is 2.18. The highest BCUT2D eigenvalue weighted by atomic mass is 32.2. The normalized spacial score (nSPS) is 12.0. The first-order valence-electron chi connectivity index (χ1n) is 5.76. The molecule has 0 aliphatic carbocycles. The van der Waals surface area contributed by atoms with Gasteiger partial charge in [-0.25, -0.2) is 9.59 Å². The average molecular weight is 311 g/mol. The van der Waals surface area contributed by atoms with E-state index in [4.69, 9.17) is 10.2 Å². The Hall–Kier alpha value is -2.42. The summed E-state index contributed by atoms with van der Waals surface area (Å²) in [6, 6.07) is 4.70. The van der Waals surface area contributed by atoms with Gasteiger partial charge < -0.3 is 15.5 Å². The highest BCUT2D eigenvalue weighted by molar-refractivity contribution is 7.97. The molecule has 1 aromatic carbocycles. The number of hydrogen-bond acceptors (Lipinski definition) is 6. The number of carbonyl (C=O) groups is 3. The topological polar surface area (TPSA) is 128 Å². The second-order valence-corrected chi connectivity index (χ2v) is 4.68. The van der Waals surface area contributed by atoms with Crippen LogP contribution in [0.3, 0.4) is 0 Å². The first kappa shape index (κ1) is 16.6. The third-order valence-electron chi connectivity index (χ3n) is 2.25. The first-order chi connectivity index (χ1) is 9.90. The second-order valence-electron chi connectivity index (χ2n) is 3.92. The summed E-state index contributed by atoms with van der Waals surface area (Å²) >= 11 is 0.883. The lowest BCUT2D eigenvalue weighted by Gasteiger charge is -2.10. The van der Waals surface area contributed by atoms with Crippen molar-refractivity contribution in [2.75, 3.05) is 5.75 Å². The maximum atomic E-state index is 10.8. The summed E-state index contributed by atoms with van der Waals surface area (Å²) in [5.74, 6) is -2.60. The van der Waals surface area contributed by atoms with Gasteiger partial charge in [0.1, 0.15) is 6.04 Å². The van der Waals surface area contributed by atoms with Crippen molar-refractivity contribution in [2.24, 2.45) is 9.63 Å². The number of amides is 1. The minimum atomic E-state index is -1.15. The third-order valence-corrected chi connectivity index (χ3v) is 2.92. The van der Waals surface area contributed by atoms with E-state index in [9.17, 15) is 14.4 Å². The van der Waals surface area contributed by atoms with Crippen molar-refractivity contribution < 1.29 is 24.6 Å². The van der Waals surface area contributed by atoms with Crippen molar-refractivity contribution in [1.29, 1.82) is 0 Å². The summed E-state index contributed by atoms with van der Waals surface area (Å²) in [7, 11) is 0. The van der Waals surface area contributed by atoms with Gasteiger partial charge in [-0.3, -0.25) is 4.79 Å². The average Bonchev–Trinajstić information content (AvgIpc) is 2.42. The van der Waals surface area contributed by atoms with Gasteiger partial charge >= 0.3 is 11.9 Å². The maximum Gasteiger partial charge on any atom is 0.335 e. The molecular weight excluding hydrogens is 298 g/mol. The van der Waals surface area contributed by atoms with E-state index in [0.717, 1.165) is 11.9 Å². The Morgan fingerprint density at radius 3 is 2.33 bits per heavy atom. The van der Waals surface area contributed by atoms with Crippen LogP contribution in [-0.2, 0) is 9.59 Å². The second kappa shape index (κ2) is 8.00. The van der Waals surface area contributed by atoms with Crippen LogP contribution in [0.25, 0.3) is 0 Å². The van der Waals surface area contributed by atoms with Crippen LogP contribution < -0.4 is 5.32 Å². The van der Waals surface area contributed by atoms with Crippen LogP contribution in [0.1, 0.15) is 17.3 Å². The number of carboxylic acid groups (broad SMARTS) is 2. The Morgan fingerprint density at radius 1 is 1.24 bits per heavy atom. The van der Waals surface area contributed by atoms with E-state index in [1.165, 1.54) is 31.2 Å². The van der Waals surface area contributed by atoms with Crippen molar-refractivity contribution in [3.05, 3.63) is 29.8 Å². The van der Waals surface area contributed by atoms with Gasteiger partial charge in [0.05, 0.1) is 11.3 Å². The molecule has 1 rings (SSSR count). The number of rotatable bonds is 7. The van der Waals surface area contributed by atoms with Crippen LogP contribution >= 0.6 is 11.9 Å². The number of carbonyl (C=O) groups excluding carboxylic acids is 1. The standard InChI is InChI=1S/C12H13N3O5S/c1-7(16)13-10(12(19)20)6-21-15-14-9-4-2-8(3-5-9)11(17)18/h2-5,10H,6H2,1H3,(H,13,16)(H,17,18)(H,19,20)/t10-/m0/s1. The fraction of sp³-hybridized carbons (Fsp3) is 0.250. The predicted molar refractivity (Wildman–Crippen MR) is 75.6 cm³/mol. The summed E-state index contributed by atoms with van der Waals surface area (Å²) in [5.41, 5.74) is 0.581. The lowest BCUT2D eigenvalue weighted by molar-refractivity contribution is -0.140. The van der Waals surface area contributed by atoms with Crippen molar-refractivity contribution in [1.82, 2.24) is 5.32 Å². The molecule has 112 valence electrons. The lowest BCUT2D eigenvalue weighted by Crippen LogP contribution is -2.41. The Morgan fingerprint density at radius 2 is 1.86 bits per heavy atom. The number of aromatic carboxylic acids is 1. The van der Waals surface area contributed by atoms with Crippen LogP contribution in [0.2, 0.25) is 0 Å². The molecule has 0 bridgehead atoms. The number of nitrogens with zero attached hydrogens (tertiary/aromatic N) is 2. The van der Waals surface area contributed by atoms with Gasteiger partial charge in [-0.15, -0.1) is 9.63 Å². The van der Waals surface area contributed by atoms with Crippen molar-refractivity contribution >= 4 is 35.5 Å². The van der Waals surface area contributed by atoms with Gasteiger partial charge in [0.25, 0.3) is 0 Å². The molecule has 9 heteroatoms. The largest absolute Gasteiger partial charge is 0.480 e. The van der Waals surface area contributed by atoms with Crippen LogP contribution in [0.5, 0.6) is 0 Å². The fourth-order valence-electron chi connectivity index (χ4n) is 1.27. The van der Waals surface area contributed by atoms with Crippen LogP contribution in [0.4, 0.5) is 5.69 Å². The van der Waals surface area contributed by atoms with Gasteiger partial charge in [0, 0.05) is 24.6 Å². The first-order valence-corrected chi connectivity index (χ1v) is 6.70. The zero-order valence-electron chi connectivity index (χ0n) is 11.0. The van der Waals surface area contributed by atoms with Gasteiger partial charge in [-0.05, 0) is 24.3 Å². The highest BCUT2D eigenvalue weighted by Crippen LogP contribution is 2.16. The third kappa shape index (κ3) is 6.04. The molecule has 0 heterocycles. The SMILES string of the molecule is CC(=O)N[C@@H](CSN=Nc1ccc(C(=O)O)cc1)C(=O)O. The lowest BCUT2D eigenvalue weighted by atomic mass is 10.2. The predicted octanol–water partition coefficient (Wildman–Crippen LogP) is 1.71. The van der Waals surface area contributed by atoms with Gasteiger partial charge in [0.15, 0.2) is 0 Å². The van der Waals surface area contributed by atoms with Crippen molar-refractivity contribution in [3.8, 4) is 0 Å². The Labute approximate surface area is 124 Å². The van der Waals surface area contributed by atoms with Gasteiger partial charge in [0.2, 0.25) is 5.91 Å². The monoisotopic (exact) mass is 311 g/mol. The van der Waals surface area contributed by atoms with E-state index >= 15 is 0 Å². The van der Waals surface area contributed by atoms with E-state index in [1.54, 1.807) is 0 Å². The van der Waals surface area contributed by atoms with Crippen molar-refractivity contribution in [3.63, 3.8) is 0 Å². The molecule has 0 spiro atoms. The molecule has 8 nitrogen and oxygen atoms in total. The minimum absolute atomic E-state index is 0.0334. The molecule has 1 amide bonds. The Balaban J connectivity index is 2.51. The van der Waals surface area contributed by atoms with Gasteiger partial charge in [-0.2, -0.15) is 0 Å². The molecule has 21 heavy (non-hydrogen) atoms. The van der Waals surface area contributed by atoms with Gasteiger partial charge in [-0.1, -0.05) is 0 Å². The fourth-order valence-corrected chi connectivity index (χ4v) is 1.87. The van der Waals surface area contributed by atoms with E-state index in [2.05, 4.69) is 15.0 Å². The maximum absolute atomic E-state index is 10.8. The minimum Gasteiger partial charge on any atom is -0.480 e. The molecule has 0 saturated carbocycles. The number of hydrogen-bond donors (Lipinski definition) is 3. The molecule has 0 aliphatic heterocycles. The van der Waals surface area contributed by atoms with Crippen LogP contribution in [0, 0.1) is 0 Å². The molecule has 1 atom stereocenters. The molecular formula is C12H13N3O5S. The number of benzene rings is 1. The number of aliphatic carboxylic acids is 1. The summed E-state index contributed by atoms with van der Waals surface area (Å²) in [6.07, 6.45) is 0. The molecule has 3 N–H and O–H groups in total. The van der Waals surface area contributed by atoms with E-state index in [1.807, 2.05) is 0 Å². The summed E-state index contributed by atoms with van der Waals surface area (Å²) in [6.45, 7) is 1.23. The van der Waals surface area contributed by atoms with Crippen LogP contribution in [0.15, 0.2) is 33.9 Å². The zero-order valence-corrected chi connectivity index (χ0v) is 11.8. The molecule has 0 aliphatic rings. The van der Waals surface area contributed by atoms with E-state index in [0.29, 0.717) is 5.69 Å². The smallest absolute Gasteiger partial charge is 0.335 e. The van der Waals surface area contributed by atoms with Crippen LogP contribution in [-0.4, -0.2) is 39.9 Å². The molecule has 0 aromatic heterocycles. The van der Waals surface area contributed by atoms with Crippen molar-refractivity contribution in [2.45, 2.75) is 13.0 Å². The van der Waals surface area contributed by atoms with E-state index < -0.39 is 23.9 Å². The molecule has 1 aromatic rings. The summed E-state index contributed by atoms with van der Waals surface area (Å²) in [4.78, 5) is 32.3. The molecule has 0 fully saturated rings. The zero-order chi connectivity index (χ0) is 15.8. The number of nitrogens with one attached hydrogen (secondary N) is 1. The molecule has 0 unspecified atom stereocenters. The molecule has 0 radical (unpaired) electrons.